The molecule has 1 heterocycles. The van der Waals surface area contributed by atoms with Gasteiger partial charge in [-0.2, -0.15) is 0 Å². The van der Waals surface area contributed by atoms with Crippen LogP contribution in [0.2, 0.25) is 0 Å². The van der Waals surface area contributed by atoms with Crippen LogP contribution in [0.3, 0.4) is 0 Å². The van der Waals surface area contributed by atoms with Gasteiger partial charge >= 0.3 is 0 Å². The van der Waals surface area contributed by atoms with Gasteiger partial charge in [0.2, 0.25) is 0 Å². The lowest BCUT2D eigenvalue weighted by molar-refractivity contribution is 0.157. The zero-order valence-corrected chi connectivity index (χ0v) is 12.0. The second-order valence-corrected chi connectivity index (χ2v) is 5.60. The van der Waals surface area contributed by atoms with Crippen LogP contribution in [0.1, 0.15) is 32.3 Å². The third kappa shape index (κ3) is 4.29. The van der Waals surface area contributed by atoms with E-state index in [0.717, 1.165) is 18.7 Å². The summed E-state index contributed by atoms with van der Waals surface area (Å²) in [7, 11) is 0. The number of hydrogen-bond acceptors (Lipinski definition) is 2. The lowest BCUT2D eigenvalue weighted by atomic mass is 9.91. The minimum Gasteiger partial charge on any atom is -0.310 e. The topological polar surface area (TPSA) is 15.3 Å². The minimum absolute atomic E-state index is 0.151. The summed E-state index contributed by atoms with van der Waals surface area (Å²) in [6, 6.07) is 7.34. The minimum atomic E-state index is -0.151. The summed E-state index contributed by atoms with van der Waals surface area (Å²) >= 11 is 0. The molecule has 106 valence electrons. The van der Waals surface area contributed by atoms with Gasteiger partial charge in [0.25, 0.3) is 0 Å². The van der Waals surface area contributed by atoms with E-state index in [0.29, 0.717) is 12.0 Å². The summed E-state index contributed by atoms with van der Waals surface area (Å²) in [5.41, 5.74) is 1.02. The molecule has 1 aliphatic rings. The molecule has 0 radical (unpaired) electrons. The van der Waals surface area contributed by atoms with Crippen molar-refractivity contribution in [1.29, 1.82) is 0 Å². The van der Waals surface area contributed by atoms with Crippen molar-refractivity contribution in [2.24, 2.45) is 5.92 Å². The van der Waals surface area contributed by atoms with E-state index >= 15 is 0 Å². The fourth-order valence-electron chi connectivity index (χ4n) is 2.88. The summed E-state index contributed by atoms with van der Waals surface area (Å²) in [6.07, 6.45) is 2.60. The maximum absolute atomic E-state index is 13.1. The van der Waals surface area contributed by atoms with Gasteiger partial charge in [-0.05, 0) is 56.5 Å². The van der Waals surface area contributed by atoms with E-state index in [2.05, 4.69) is 24.1 Å². The van der Waals surface area contributed by atoms with Crippen molar-refractivity contribution in [3.05, 3.63) is 35.6 Å². The van der Waals surface area contributed by atoms with Gasteiger partial charge in [0, 0.05) is 19.1 Å². The second-order valence-electron chi connectivity index (χ2n) is 5.60. The summed E-state index contributed by atoms with van der Waals surface area (Å²) in [4.78, 5) is 2.52. The summed E-state index contributed by atoms with van der Waals surface area (Å²) in [6.45, 7) is 8.81. The first-order valence-electron chi connectivity index (χ1n) is 7.39. The predicted octanol–water partition coefficient (Wildman–Crippen LogP) is 3.04. The van der Waals surface area contributed by atoms with Crippen molar-refractivity contribution in [3.8, 4) is 0 Å². The highest BCUT2D eigenvalue weighted by molar-refractivity contribution is 5.16. The predicted molar refractivity (Wildman–Crippen MR) is 77.5 cm³/mol. The molecule has 0 aliphatic carbocycles. The number of halogens is 1. The van der Waals surface area contributed by atoms with Crippen molar-refractivity contribution in [3.63, 3.8) is 0 Å². The Morgan fingerprint density at radius 1 is 1.47 bits per heavy atom. The molecule has 2 unspecified atom stereocenters. The van der Waals surface area contributed by atoms with E-state index in [4.69, 9.17) is 0 Å². The Hall–Kier alpha value is -0.930. The number of nitrogens with one attached hydrogen (secondary N) is 1. The number of rotatable bonds is 5. The van der Waals surface area contributed by atoms with Crippen molar-refractivity contribution in [2.75, 3.05) is 19.6 Å². The van der Waals surface area contributed by atoms with Gasteiger partial charge in [-0.15, -0.1) is 0 Å². The van der Waals surface area contributed by atoms with Crippen LogP contribution < -0.4 is 5.32 Å². The highest BCUT2D eigenvalue weighted by Crippen LogP contribution is 2.19. The standard InChI is InChI=1S/C16H25FN2/c1-3-19-9-5-7-15(12-19)13(2)18-11-14-6-4-8-16(17)10-14/h4,6,8,10,13,15,18H,3,5,7,9,11-12H2,1-2H3. The van der Waals surface area contributed by atoms with Gasteiger partial charge < -0.3 is 10.2 Å². The summed E-state index contributed by atoms with van der Waals surface area (Å²) in [5.74, 6) is 0.559. The first-order chi connectivity index (χ1) is 9.19. The maximum Gasteiger partial charge on any atom is 0.123 e. The number of nitrogens with zero attached hydrogens (tertiary/aromatic N) is 1. The van der Waals surface area contributed by atoms with Crippen LogP contribution in [0.4, 0.5) is 4.39 Å². The number of hydrogen-bond donors (Lipinski definition) is 1. The molecule has 0 aromatic heterocycles. The van der Waals surface area contributed by atoms with Gasteiger partial charge in [-0.3, -0.25) is 0 Å². The Morgan fingerprint density at radius 2 is 2.32 bits per heavy atom. The van der Waals surface area contributed by atoms with Crippen molar-refractivity contribution < 1.29 is 4.39 Å². The van der Waals surface area contributed by atoms with Crippen molar-refractivity contribution in [2.45, 2.75) is 39.3 Å². The van der Waals surface area contributed by atoms with E-state index in [1.54, 1.807) is 12.1 Å². The number of benzene rings is 1. The first-order valence-corrected chi connectivity index (χ1v) is 7.39. The molecule has 19 heavy (non-hydrogen) atoms. The molecular formula is C16H25FN2. The zero-order valence-electron chi connectivity index (χ0n) is 12.0. The second kappa shape index (κ2) is 7.01. The van der Waals surface area contributed by atoms with Gasteiger partial charge in [-0.1, -0.05) is 19.1 Å². The van der Waals surface area contributed by atoms with Gasteiger partial charge in [0.05, 0.1) is 0 Å². The molecule has 1 aliphatic heterocycles. The van der Waals surface area contributed by atoms with E-state index in [9.17, 15) is 4.39 Å². The van der Waals surface area contributed by atoms with Crippen LogP contribution >= 0.6 is 0 Å². The number of likely N-dealkylation sites (tertiary alicyclic amines) is 1. The van der Waals surface area contributed by atoms with E-state index in [1.807, 2.05) is 6.07 Å². The lowest BCUT2D eigenvalue weighted by Gasteiger charge is -2.35. The van der Waals surface area contributed by atoms with Crippen LogP contribution in [0, 0.1) is 11.7 Å². The summed E-state index contributed by atoms with van der Waals surface area (Å²) in [5, 5.41) is 3.55. The van der Waals surface area contributed by atoms with Gasteiger partial charge in [0.1, 0.15) is 5.82 Å². The first kappa shape index (κ1) is 14.5. The molecule has 2 nitrogen and oxygen atoms in total. The molecule has 0 saturated carbocycles. The van der Waals surface area contributed by atoms with Crippen molar-refractivity contribution >= 4 is 0 Å². The van der Waals surface area contributed by atoms with Crippen LogP contribution in [-0.4, -0.2) is 30.6 Å². The largest absolute Gasteiger partial charge is 0.310 e. The lowest BCUT2D eigenvalue weighted by Crippen LogP contribution is -2.44. The molecule has 0 bridgehead atoms. The molecule has 0 amide bonds. The third-order valence-electron chi connectivity index (χ3n) is 4.21. The van der Waals surface area contributed by atoms with Crippen molar-refractivity contribution in [1.82, 2.24) is 10.2 Å². The average molecular weight is 264 g/mol. The Balaban J connectivity index is 1.82. The fourth-order valence-corrected chi connectivity index (χ4v) is 2.88. The highest BCUT2D eigenvalue weighted by Gasteiger charge is 2.23. The molecule has 1 aromatic carbocycles. The molecule has 1 N–H and O–H groups in total. The molecule has 3 heteroatoms. The SMILES string of the molecule is CCN1CCCC(C(C)NCc2cccc(F)c2)C1. The quantitative estimate of drug-likeness (QED) is 0.879. The maximum atomic E-state index is 13.1. The Morgan fingerprint density at radius 3 is 3.05 bits per heavy atom. The Labute approximate surface area is 116 Å². The molecule has 1 saturated heterocycles. The van der Waals surface area contributed by atoms with Gasteiger partial charge in [-0.25, -0.2) is 4.39 Å². The smallest absolute Gasteiger partial charge is 0.123 e. The highest BCUT2D eigenvalue weighted by atomic mass is 19.1. The van der Waals surface area contributed by atoms with Crippen LogP contribution in [0.5, 0.6) is 0 Å². The molecule has 2 atom stereocenters. The zero-order chi connectivity index (χ0) is 13.7. The molecular weight excluding hydrogens is 239 g/mol. The molecule has 0 spiro atoms. The molecule has 1 fully saturated rings. The average Bonchev–Trinajstić information content (AvgIpc) is 2.45. The molecule has 1 aromatic rings. The van der Waals surface area contributed by atoms with Crippen LogP contribution in [-0.2, 0) is 6.54 Å². The Kier molecular flexibility index (Phi) is 5.34. The summed E-state index contributed by atoms with van der Waals surface area (Å²) < 4.78 is 13.1. The normalized spacial score (nSPS) is 22.4. The van der Waals surface area contributed by atoms with E-state index < -0.39 is 0 Å². The van der Waals surface area contributed by atoms with E-state index in [-0.39, 0.29) is 5.82 Å². The monoisotopic (exact) mass is 264 g/mol. The Bertz CT molecular complexity index is 394. The third-order valence-corrected chi connectivity index (χ3v) is 4.21. The van der Waals surface area contributed by atoms with Crippen LogP contribution in [0.15, 0.2) is 24.3 Å². The van der Waals surface area contributed by atoms with Gasteiger partial charge in [0.15, 0.2) is 0 Å². The van der Waals surface area contributed by atoms with Crippen LogP contribution in [0.25, 0.3) is 0 Å². The molecule has 2 rings (SSSR count). The number of piperidine rings is 1. The fraction of sp³-hybridized carbons (Fsp3) is 0.625. The van der Waals surface area contributed by atoms with E-state index in [1.165, 1.54) is 32.0 Å².